The second-order valence-corrected chi connectivity index (χ2v) is 2.61. The molecule has 0 atom stereocenters. The van der Waals surface area contributed by atoms with Crippen LogP contribution >= 0.6 is 0 Å². The minimum atomic E-state index is -1.10. The minimum Gasteiger partial charge on any atom is -0.454 e. The summed E-state index contributed by atoms with van der Waals surface area (Å²) in [5, 5.41) is 10.4. The number of nitro benzene ring substituents is 1. The van der Waals surface area contributed by atoms with Crippen LogP contribution in [-0.2, 0) is 0 Å². The number of nitro groups is 1. The van der Waals surface area contributed by atoms with Crippen molar-refractivity contribution in [1.29, 1.82) is 0 Å². The van der Waals surface area contributed by atoms with Crippen molar-refractivity contribution in [1.82, 2.24) is 0 Å². The maximum Gasteiger partial charge on any atom is 0.308 e. The lowest BCUT2D eigenvalue weighted by Crippen LogP contribution is -2.13. The third-order valence-electron chi connectivity index (χ3n) is 1.81. The molecule has 0 bridgehead atoms. The van der Waals surface area contributed by atoms with Gasteiger partial charge < -0.3 is 9.47 Å². The maximum absolute atomic E-state index is 13.2. The molecule has 1 aliphatic heterocycles. The van der Waals surface area contributed by atoms with Gasteiger partial charge in [0.25, 0.3) is 0 Å². The van der Waals surface area contributed by atoms with Crippen molar-refractivity contribution in [2.45, 2.75) is 0 Å². The molecule has 0 aromatic heterocycles. The Hall–Kier alpha value is -1.79. The SMILES string of the molecule is [B]c1c(F)c([N+](=O)[O-])cc2c1OCO2. The van der Waals surface area contributed by atoms with Gasteiger partial charge in [-0.25, -0.2) is 0 Å². The second kappa shape index (κ2) is 2.86. The van der Waals surface area contributed by atoms with Crippen LogP contribution in [-0.4, -0.2) is 19.6 Å². The standard InChI is InChI=1S/C7H3BFNO4/c8-5-6(9)3(10(11)12)1-4-7(5)14-2-13-4/h1H,2H2. The van der Waals surface area contributed by atoms with Crippen LogP contribution in [0.15, 0.2) is 6.07 Å². The first-order valence-corrected chi connectivity index (χ1v) is 3.63. The first kappa shape index (κ1) is 8.80. The van der Waals surface area contributed by atoms with Crippen molar-refractivity contribution in [3.05, 3.63) is 22.0 Å². The fourth-order valence-corrected chi connectivity index (χ4v) is 1.16. The molecule has 1 aliphatic rings. The van der Waals surface area contributed by atoms with E-state index in [-0.39, 0.29) is 18.3 Å². The van der Waals surface area contributed by atoms with Crippen molar-refractivity contribution in [3.63, 3.8) is 0 Å². The van der Waals surface area contributed by atoms with Crippen molar-refractivity contribution < 1.29 is 18.8 Å². The van der Waals surface area contributed by atoms with E-state index in [1.165, 1.54) is 0 Å². The third kappa shape index (κ3) is 1.09. The zero-order valence-corrected chi connectivity index (χ0v) is 6.82. The molecule has 70 valence electrons. The molecule has 14 heavy (non-hydrogen) atoms. The van der Waals surface area contributed by atoms with E-state index in [0.29, 0.717) is 0 Å². The molecule has 1 aromatic rings. The predicted molar refractivity (Wildman–Crippen MR) is 44.6 cm³/mol. The van der Waals surface area contributed by atoms with Crippen molar-refractivity contribution in [2.75, 3.05) is 6.79 Å². The van der Waals surface area contributed by atoms with Gasteiger partial charge in [-0.2, -0.15) is 4.39 Å². The van der Waals surface area contributed by atoms with Gasteiger partial charge in [-0.1, -0.05) is 0 Å². The number of hydrogen-bond donors (Lipinski definition) is 0. The van der Waals surface area contributed by atoms with Crippen LogP contribution in [0.5, 0.6) is 11.5 Å². The number of ether oxygens (including phenoxy) is 2. The lowest BCUT2D eigenvalue weighted by Gasteiger charge is -2.02. The van der Waals surface area contributed by atoms with Gasteiger partial charge in [-0.05, 0) is 5.46 Å². The first-order valence-electron chi connectivity index (χ1n) is 3.63. The Balaban J connectivity index is 2.67. The highest BCUT2D eigenvalue weighted by atomic mass is 19.1. The molecule has 5 nitrogen and oxygen atoms in total. The molecule has 0 N–H and O–H groups in total. The largest absolute Gasteiger partial charge is 0.454 e. The van der Waals surface area contributed by atoms with Crippen LogP contribution in [0.4, 0.5) is 10.1 Å². The van der Waals surface area contributed by atoms with Gasteiger partial charge in [0.2, 0.25) is 6.79 Å². The van der Waals surface area contributed by atoms with Gasteiger partial charge >= 0.3 is 5.69 Å². The monoisotopic (exact) mass is 195 g/mol. The van der Waals surface area contributed by atoms with E-state index in [1.807, 2.05) is 0 Å². The molecule has 1 heterocycles. The van der Waals surface area contributed by atoms with E-state index in [9.17, 15) is 14.5 Å². The Morgan fingerprint density at radius 2 is 2.29 bits per heavy atom. The topological polar surface area (TPSA) is 61.6 Å². The van der Waals surface area contributed by atoms with Crippen molar-refractivity contribution >= 4 is 19.0 Å². The fourth-order valence-electron chi connectivity index (χ4n) is 1.16. The van der Waals surface area contributed by atoms with Crippen LogP contribution in [0.1, 0.15) is 0 Å². The molecule has 0 spiro atoms. The minimum absolute atomic E-state index is 0.0214. The quantitative estimate of drug-likeness (QED) is 0.366. The van der Waals surface area contributed by atoms with E-state index in [1.54, 1.807) is 0 Å². The molecule has 7 heteroatoms. The summed E-state index contributed by atoms with van der Waals surface area (Å²) < 4.78 is 22.9. The highest BCUT2D eigenvalue weighted by Gasteiger charge is 2.26. The molecule has 0 fully saturated rings. The van der Waals surface area contributed by atoms with E-state index in [4.69, 9.17) is 17.3 Å². The van der Waals surface area contributed by atoms with E-state index in [2.05, 4.69) is 0 Å². The van der Waals surface area contributed by atoms with Gasteiger partial charge in [-0.15, -0.1) is 0 Å². The van der Waals surface area contributed by atoms with E-state index < -0.39 is 21.9 Å². The Labute approximate surface area is 79.0 Å². The Bertz CT molecular complexity index is 423. The average molecular weight is 195 g/mol. The number of fused-ring (bicyclic) bond motifs is 1. The van der Waals surface area contributed by atoms with Crippen LogP contribution in [0.2, 0.25) is 0 Å². The van der Waals surface area contributed by atoms with Gasteiger partial charge in [0.15, 0.2) is 17.3 Å². The van der Waals surface area contributed by atoms with Crippen LogP contribution in [0.3, 0.4) is 0 Å². The summed E-state index contributed by atoms with van der Waals surface area (Å²) in [6.07, 6.45) is 0. The number of hydrogen-bond acceptors (Lipinski definition) is 4. The third-order valence-corrected chi connectivity index (χ3v) is 1.81. The molecule has 0 aliphatic carbocycles. The van der Waals surface area contributed by atoms with Gasteiger partial charge in [0.1, 0.15) is 7.85 Å². The average Bonchev–Trinajstić information content (AvgIpc) is 2.58. The smallest absolute Gasteiger partial charge is 0.308 e. The van der Waals surface area contributed by atoms with E-state index in [0.717, 1.165) is 6.07 Å². The number of benzene rings is 1. The summed E-state index contributed by atoms with van der Waals surface area (Å²) in [5.41, 5.74) is -1.11. The number of rotatable bonds is 1. The number of nitrogens with zero attached hydrogens (tertiary/aromatic N) is 1. The summed E-state index contributed by atoms with van der Waals surface area (Å²) in [6.45, 7) is -0.111. The second-order valence-electron chi connectivity index (χ2n) is 2.61. The molecular formula is C7H3BFNO4. The van der Waals surface area contributed by atoms with Gasteiger partial charge in [0.05, 0.1) is 11.0 Å². The lowest BCUT2D eigenvalue weighted by atomic mass is 9.93. The molecule has 0 amide bonds. The predicted octanol–water partition coefficient (Wildman–Crippen LogP) is 0.256. The fraction of sp³-hybridized carbons (Fsp3) is 0.143. The van der Waals surface area contributed by atoms with Gasteiger partial charge in [-0.3, -0.25) is 10.1 Å². The van der Waals surface area contributed by atoms with Crippen molar-refractivity contribution in [3.8, 4) is 11.5 Å². The number of halogens is 1. The maximum atomic E-state index is 13.2. The molecule has 0 saturated heterocycles. The molecular weight excluding hydrogens is 192 g/mol. The van der Waals surface area contributed by atoms with Gasteiger partial charge in [0, 0.05) is 0 Å². The highest BCUT2D eigenvalue weighted by Crippen LogP contribution is 2.34. The zero-order chi connectivity index (χ0) is 10.3. The summed E-state index contributed by atoms with van der Waals surface area (Å²) in [4.78, 5) is 9.52. The molecule has 2 rings (SSSR count). The van der Waals surface area contributed by atoms with Crippen LogP contribution in [0.25, 0.3) is 0 Å². The summed E-state index contributed by atoms with van der Waals surface area (Å²) >= 11 is 0. The zero-order valence-electron chi connectivity index (χ0n) is 6.82. The Kier molecular flexibility index (Phi) is 1.80. The Morgan fingerprint density at radius 1 is 1.57 bits per heavy atom. The van der Waals surface area contributed by atoms with Crippen LogP contribution in [0, 0.1) is 15.9 Å². The van der Waals surface area contributed by atoms with Crippen LogP contribution < -0.4 is 14.9 Å². The normalized spacial score (nSPS) is 12.9. The lowest BCUT2D eigenvalue weighted by molar-refractivity contribution is -0.387. The summed E-state index contributed by atoms with van der Waals surface area (Å²) in [5.74, 6) is -0.983. The molecule has 0 saturated carbocycles. The molecule has 2 radical (unpaired) electrons. The highest BCUT2D eigenvalue weighted by molar-refractivity contribution is 6.35. The Morgan fingerprint density at radius 3 is 2.93 bits per heavy atom. The first-order chi connectivity index (χ1) is 6.61. The molecule has 1 aromatic carbocycles. The summed E-state index contributed by atoms with van der Waals surface area (Å²) in [7, 11) is 5.29. The van der Waals surface area contributed by atoms with Crippen molar-refractivity contribution in [2.24, 2.45) is 0 Å². The van der Waals surface area contributed by atoms with E-state index >= 15 is 0 Å². The molecule has 0 unspecified atom stereocenters. The summed E-state index contributed by atoms with van der Waals surface area (Å²) in [6, 6.07) is 0.952.